The van der Waals surface area contributed by atoms with Crippen molar-refractivity contribution >= 4 is 21.9 Å². The molecule has 0 saturated carbocycles. The van der Waals surface area contributed by atoms with Crippen LogP contribution in [0.3, 0.4) is 0 Å². The Morgan fingerprint density at radius 3 is 2.60 bits per heavy atom. The number of hydrogen-bond acceptors (Lipinski definition) is 2. The SMILES string of the molecule is [Ir].[c-]1ccccc1-c1nccn1-c1ccc2oc3ccccc3c2c1. The van der Waals surface area contributed by atoms with E-state index in [9.17, 15) is 0 Å². The molecule has 3 aromatic carbocycles. The average molecular weight is 502 g/mol. The minimum atomic E-state index is 0. The molecule has 0 spiro atoms. The van der Waals surface area contributed by atoms with Crippen molar-refractivity contribution in [2.24, 2.45) is 0 Å². The summed E-state index contributed by atoms with van der Waals surface area (Å²) < 4.78 is 7.99. The largest absolute Gasteiger partial charge is 0.456 e. The van der Waals surface area contributed by atoms with Crippen molar-refractivity contribution in [2.75, 3.05) is 0 Å². The maximum atomic E-state index is 5.91. The molecule has 1 radical (unpaired) electrons. The van der Waals surface area contributed by atoms with Gasteiger partial charge in [0.2, 0.25) is 0 Å². The fourth-order valence-electron chi connectivity index (χ4n) is 3.11. The van der Waals surface area contributed by atoms with E-state index in [0.717, 1.165) is 39.0 Å². The van der Waals surface area contributed by atoms with E-state index in [1.807, 2.05) is 60.9 Å². The number of aromatic nitrogens is 2. The Hall–Kier alpha value is -2.68. The van der Waals surface area contributed by atoms with Crippen LogP contribution in [0.5, 0.6) is 0 Å². The number of nitrogens with zero attached hydrogens (tertiary/aromatic N) is 2. The van der Waals surface area contributed by atoms with E-state index in [0.29, 0.717) is 0 Å². The zero-order valence-corrected chi connectivity index (χ0v) is 15.5. The standard InChI is InChI=1S/C21H13N2O.Ir/c1-2-6-15(7-3-1)21-22-12-13-23(21)16-10-11-20-18(14-16)17-8-4-5-9-19(17)24-20;/h1-6,8-14H;/q-1;. The number of hydrogen-bond donors (Lipinski definition) is 0. The molecule has 0 aliphatic carbocycles. The van der Waals surface area contributed by atoms with E-state index in [4.69, 9.17) is 4.42 Å². The van der Waals surface area contributed by atoms with Gasteiger partial charge in [0.05, 0.1) is 5.82 Å². The third-order valence-corrected chi connectivity index (χ3v) is 4.23. The smallest absolute Gasteiger partial charge is 0.135 e. The van der Waals surface area contributed by atoms with E-state index < -0.39 is 0 Å². The van der Waals surface area contributed by atoms with E-state index in [2.05, 4.69) is 33.8 Å². The topological polar surface area (TPSA) is 31.0 Å². The summed E-state index contributed by atoms with van der Waals surface area (Å²) in [6, 6.07) is 25.4. The van der Waals surface area contributed by atoms with E-state index in [1.165, 1.54) is 0 Å². The third kappa shape index (κ3) is 2.60. The van der Waals surface area contributed by atoms with Crippen LogP contribution in [-0.4, -0.2) is 9.55 Å². The first-order chi connectivity index (χ1) is 11.9. The van der Waals surface area contributed by atoms with Gasteiger partial charge in [0, 0.05) is 49.0 Å². The van der Waals surface area contributed by atoms with Gasteiger partial charge in [-0.2, -0.15) is 0 Å². The van der Waals surface area contributed by atoms with Crippen LogP contribution in [-0.2, 0) is 20.1 Å². The molecule has 123 valence electrons. The minimum Gasteiger partial charge on any atom is -0.456 e. The molecule has 5 aromatic rings. The molecule has 2 heterocycles. The van der Waals surface area contributed by atoms with Crippen molar-refractivity contribution < 1.29 is 24.5 Å². The van der Waals surface area contributed by atoms with Crippen LogP contribution < -0.4 is 0 Å². The molecule has 0 saturated heterocycles. The van der Waals surface area contributed by atoms with Gasteiger partial charge in [-0.05, 0) is 24.3 Å². The molecular weight excluding hydrogens is 488 g/mol. The van der Waals surface area contributed by atoms with Gasteiger partial charge in [0.1, 0.15) is 11.2 Å². The maximum absolute atomic E-state index is 5.91. The third-order valence-electron chi connectivity index (χ3n) is 4.23. The Morgan fingerprint density at radius 2 is 1.72 bits per heavy atom. The van der Waals surface area contributed by atoms with Crippen LogP contribution >= 0.6 is 0 Å². The first-order valence-electron chi connectivity index (χ1n) is 7.82. The van der Waals surface area contributed by atoms with Crippen LogP contribution in [0.4, 0.5) is 0 Å². The Morgan fingerprint density at radius 1 is 0.880 bits per heavy atom. The Bertz CT molecular complexity index is 1160. The van der Waals surface area contributed by atoms with Gasteiger partial charge >= 0.3 is 0 Å². The molecule has 0 aliphatic rings. The van der Waals surface area contributed by atoms with Gasteiger partial charge in [-0.15, -0.1) is 35.9 Å². The summed E-state index contributed by atoms with van der Waals surface area (Å²) in [4.78, 5) is 4.50. The molecule has 5 rings (SSSR count). The quantitative estimate of drug-likeness (QED) is 0.310. The molecule has 0 N–H and O–H groups in total. The molecular formula is C21H13IrN2O-. The second-order valence-corrected chi connectivity index (χ2v) is 5.68. The van der Waals surface area contributed by atoms with Crippen LogP contribution in [0.1, 0.15) is 0 Å². The summed E-state index contributed by atoms with van der Waals surface area (Å²) in [5.74, 6) is 0.878. The number of furan rings is 1. The summed E-state index contributed by atoms with van der Waals surface area (Å²) in [6.07, 6.45) is 3.79. The summed E-state index contributed by atoms with van der Waals surface area (Å²) in [5, 5.41) is 2.24. The van der Waals surface area contributed by atoms with Crippen molar-refractivity contribution in [2.45, 2.75) is 0 Å². The fraction of sp³-hybridized carbons (Fsp3) is 0. The summed E-state index contributed by atoms with van der Waals surface area (Å²) in [7, 11) is 0. The summed E-state index contributed by atoms with van der Waals surface area (Å²) in [6.45, 7) is 0. The second kappa shape index (κ2) is 6.32. The van der Waals surface area contributed by atoms with Gasteiger partial charge in [-0.1, -0.05) is 18.2 Å². The normalized spacial score (nSPS) is 10.9. The summed E-state index contributed by atoms with van der Waals surface area (Å²) in [5.41, 5.74) is 3.83. The summed E-state index contributed by atoms with van der Waals surface area (Å²) >= 11 is 0. The monoisotopic (exact) mass is 502 g/mol. The predicted octanol–water partition coefficient (Wildman–Crippen LogP) is 5.24. The fourth-order valence-corrected chi connectivity index (χ4v) is 3.11. The molecule has 25 heavy (non-hydrogen) atoms. The maximum Gasteiger partial charge on any atom is 0.135 e. The van der Waals surface area contributed by atoms with Crippen molar-refractivity contribution in [3.05, 3.63) is 85.2 Å². The van der Waals surface area contributed by atoms with Crippen LogP contribution in [0, 0.1) is 6.07 Å². The predicted molar refractivity (Wildman–Crippen MR) is 95.1 cm³/mol. The molecule has 0 bridgehead atoms. The van der Waals surface area contributed by atoms with Crippen LogP contribution in [0.25, 0.3) is 39.0 Å². The van der Waals surface area contributed by atoms with Gasteiger partial charge < -0.3 is 8.98 Å². The van der Waals surface area contributed by atoms with Crippen LogP contribution in [0.2, 0.25) is 0 Å². The molecule has 0 fully saturated rings. The molecule has 0 atom stereocenters. The molecule has 2 aromatic heterocycles. The number of benzene rings is 3. The Balaban J connectivity index is 0.00000157. The van der Waals surface area contributed by atoms with Crippen molar-refractivity contribution in [1.29, 1.82) is 0 Å². The van der Waals surface area contributed by atoms with Crippen molar-refractivity contribution in [3.63, 3.8) is 0 Å². The van der Waals surface area contributed by atoms with Crippen molar-refractivity contribution in [1.82, 2.24) is 9.55 Å². The number of para-hydroxylation sites is 1. The Kier molecular flexibility index (Phi) is 4.00. The number of imidazole rings is 1. The van der Waals surface area contributed by atoms with Gasteiger partial charge in [-0.3, -0.25) is 4.98 Å². The van der Waals surface area contributed by atoms with Gasteiger partial charge in [-0.25, -0.2) is 0 Å². The minimum absolute atomic E-state index is 0. The van der Waals surface area contributed by atoms with Gasteiger partial charge in [0.25, 0.3) is 0 Å². The zero-order valence-electron chi connectivity index (χ0n) is 13.1. The molecule has 0 aliphatic heterocycles. The number of rotatable bonds is 2. The average Bonchev–Trinajstić information content (AvgIpc) is 3.26. The van der Waals surface area contributed by atoms with Gasteiger partial charge in [0.15, 0.2) is 0 Å². The van der Waals surface area contributed by atoms with E-state index >= 15 is 0 Å². The second-order valence-electron chi connectivity index (χ2n) is 5.68. The number of fused-ring (bicyclic) bond motifs is 3. The first kappa shape index (κ1) is 15.8. The molecule has 0 amide bonds. The first-order valence-corrected chi connectivity index (χ1v) is 7.82. The molecule has 4 heteroatoms. The molecule has 0 unspecified atom stereocenters. The zero-order chi connectivity index (χ0) is 15.9. The van der Waals surface area contributed by atoms with E-state index in [1.54, 1.807) is 0 Å². The van der Waals surface area contributed by atoms with Crippen LogP contribution in [0.15, 0.2) is 83.5 Å². The van der Waals surface area contributed by atoms with E-state index in [-0.39, 0.29) is 20.1 Å². The van der Waals surface area contributed by atoms with Crippen molar-refractivity contribution in [3.8, 4) is 17.1 Å². The Labute approximate surface area is 158 Å². The molecule has 3 nitrogen and oxygen atoms in total.